The van der Waals surface area contributed by atoms with Gasteiger partial charge in [0.25, 0.3) is 0 Å². The van der Waals surface area contributed by atoms with E-state index in [1.54, 1.807) is 12.1 Å². The van der Waals surface area contributed by atoms with Gasteiger partial charge in [0.2, 0.25) is 5.75 Å². The fourth-order valence-electron chi connectivity index (χ4n) is 3.18. The van der Waals surface area contributed by atoms with E-state index in [0.717, 1.165) is 22.3 Å². The van der Waals surface area contributed by atoms with E-state index in [9.17, 15) is 9.90 Å². The van der Waals surface area contributed by atoms with Crippen LogP contribution < -0.4 is 16.0 Å². The third-order valence-electron chi connectivity index (χ3n) is 4.81. The summed E-state index contributed by atoms with van der Waals surface area (Å²) in [5.41, 5.74) is 10.1. The zero-order valence-corrected chi connectivity index (χ0v) is 16.4. The summed E-state index contributed by atoms with van der Waals surface area (Å²) in [4.78, 5) is 12.9. The molecule has 0 spiro atoms. The van der Waals surface area contributed by atoms with Crippen LogP contribution in [0.4, 0.5) is 5.69 Å². The molecule has 0 unspecified atom stereocenters. The second-order valence-electron chi connectivity index (χ2n) is 6.92. The summed E-state index contributed by atoms with van der Waals surface area (Å²) < 4.78 is 7.09. The number of nitrogen functional groups attached to an aromatic ring is 1. The summed E-state index contributed by atoms with van der Waals surface area (Å²) in [6, 6.07) is 22.4. The van der Waals surface area contributed by atoms with Crippen molar-refractivity contribution in [1.82, 2.24) is 9.78 Å². The number of anilines is 1. The SMILES string of the molecule is Cc1ccc(-n2ncc(N)c(Oc3ccc(-c4ccccc4CO)cc3)c2=O)cc1. The molecule has 0 aliphatic rings. The van der Waals surface area contributed by atoms with E-state index < -0.39 is 5.56 Å². The zero-order valence-electron chi connectivity index (χ0n) is 16.4. The lowest BCUT2D eigenvalue weighted by atomic mass is 10.0. The second-order valence-corrected chi connectivity index (χ2v) is 6.92. The highest BCUT2D eigenvalue weighted by Gasteiger charge is 2.13. The quantitative estimate of drug-likeness (QED) is 0.528. The molecule has 3 aromatic carbocycles. The molecule has 0 bridgehead atoms. The number of hydrogen-bond donors (Lipinski definition) is 2. The van der Waals surface area contributed by atoms with Crippen molar-refractivity contribution in [3.05, 3.63) is 100 Å². The normalized spacial score (nSPS) is 10.7. The van der Waals surface area contributed by atoms with Crippen LogP contribution in [0.5, 0.6) is 11.5 Å². The molecule has 0 saturated carbocycles. The third kappa shape index (κ3) is 3.81. The molecule has 0 aliphatic carbocycles. The predicted octanol–water partition coefficient (Wildman–Crippen LogP) is 4.07. The number of rotatable bonds is 5. The molecule has 1 heterocycles. The van der Waals surface area contributed by atoms with E-state index in [1.165, 1.54) is 10.9 Å². The van der Waals surface area contributed by atoms with Gasteiger partial charge in [-0.3, -0.25) is 4.79 Å². The number of hydrogen-bond acceptors (Lipinski definition) is 5. The number of nitrogens with zero attached hydrogens (tertiary/aromatic N) is 2. The minimum absolute atomic E-state index is 0.0223. The highest BCUT2D eigenvalue weighted by atomic mass is 16.5. The van der Waals surface area contributed by atoms with Crippen LogP contribution in [0.25, 0.3) is 16.8 Å². The van der Waals surface area contributed by atoms with Crippen LogP contribution in [0.3, 0.4) is 0 Å². The molecular weight excluding hydrogens is 378 g/mol. The highest BCUT2D eigenvalue weighted by molar-refractivity contribution is 5.68. The van der Waals surface area contributed by atoms with Crippen LogP contribution in [-0.4, -0.2) is 14.9 Å². The van der Waals surface area contributed by atoms with Gasteiger partial charge in [-0.05, 0) is 47.9 Å². The van der Waals surface area contributed by atoms with Crippen molar-refractivity contribution in [2.24, 2.45) is 0 Å². The highest BCUT2D eigenvalue weighted by Crippen LogP contribution is 2.28. The molecule has 150 valence electrons. The molecule has 3 N–H and O–H groups in total. The fourth-order valence-corrected chi connectivity index (χ4v) is 3.18. The van der Waals surface area contributed by atoms with Gasteiger partial charge in [0.1, 0.15) is 11.4 Å². The van der Waals surface area contributed by atoms with Gasteiger partial charge < -0.3 is 15.6 Å². The zero-order chi connectivity index (χ0) is 21.1. The number of ether oxygens (including phenoxy) is 1. The van der Waals surface area contributed by atoms with E-state index >= 15 is 0 Å². The summed E-state index contributed by atoms with van der Waals surface area (Å²) in [5.74, 6) is 0.500. The molecule has 4 rings (SSSR count). The van der Waals surface area contributed by atoms with E-state index in [2.05, 4.69) is 5.10 Å². The number of aryl methyl sites for hydroxylation is 1. The first-order chi connectivity index (χ1) is 14.6. The van der Waals surface area contributed by atoms with Crippen LogP contribution in [-0.2, 0) is 6.61 Å². The van der Waals surface area contributed by atoms with E-state index in [-0.39, 0.29) is 18.0 Å². The number of aliphatic hydroxyl groups is 1. The molecular formula is C24H21N3O3. The Bertz CT molecular complexity index is 1230. The van der Waals surface area contributed by atoms with Gasteiger partial charge in [-0.25, -0.2) is 0 Å². The lowest BCUT2D eigenvalue weighted by Crippen LogP contribution is -2.23. The molecule has 0 fully saturated rings. The van der Waals surface area contributed by atoms with Gasteiger partial charge in [0, 0.05) is 0 Å². The number of benzene rings is 3. The van der Waals surface area contributed by atoms with Crippen molar-refractivity contribution in [1.29, 1.82) is 0 Å². The Balaban J connectivity index is 1.65. The lowest BCUT2D eigenvalue weighted by Gasteiger charge is -2.12. The summed E-state index contributed by atoms with van der Waals surface area (Å²) >= 11 is 0. The molecule has 0 atom stereocenters. The lowest BCUT2D eigenvalue weighted by molar-refractivity contribution is 0.282. The summed E-state index contributed by atoms with van der Waals surface area (Å²) in [6.45, 7) is 1.93. The Kier molecular flexibility index (Phi) is 5.32. The third-order valence-corrected chi connectivity index (χ3v) is 4.81. The van der Waals surface area contributed by atoms with Gasteiger partial charge in [-0.15, -0.1) is 0 Å². The molecule has 0 aliphatic heterocycles. The molecule has 0 amide bonds. The molecule has 0 saturated heterocycles. The standard InChI is InChI=1S/C24H21N3O3/c1-16-6-10-19(11-7-16)27-24(29)23(22(25)14-26-27)30-20-12-8-17(9-13-20)21-5-3-2-4-18(21)15-28/h2-14,28H,15,25H2,1H3. The van der Waals surface area contributed by atoms with Crippen molar-refractivity contribution in [2.45, 2.75) is 13.5 Å². The first-order valence-electron chi connectivity index (χ1n) is 9.49. The van der Waals surface area contributed by atoms with E-state index in [4.69, 9.17) is 10.5 Å². The van der Waals surface area contributed by atoms with Gasteiger partial charge in [0.15, 0.2) is 0 Å². The van der Waals surface area contributed by atoms with Gasteiger partial charge in [-0.1, -0.05) is 54.1 Å². The first-order valence-corrected chi connectivity index (χ1v) is 9.49. The number of nitrogens with two attached hydrogens (primary N) is 1. The maximum Gasteiger partial charge on any atom is 0.316 e. The summed E-state index contributed by atoms with van der Waals surface area (Å²) in [5, 5.41) is 13.7. The molecule has 1 aromatic heterocycles. The Morgan fingerprint density at radius 1 is 1.00 bits per heavy atom. The average Bonchev–Trinajstić information content (AvgIpc) is 2.78. The minimum Gasteiger partial charge on any atom is -0.449 e. The van der Waals surface area contributed by atoms with Crippen LogP contribution in [0.15, 0.2) is 83.8 Å². The summed E-state index contributed by atoms with van der Waals surface area (Å²) in [6.07, 6.45) is 1.41. The Morgan fingerprint density at radius 3 is 2.40 bits per heavy atom. The molecule has 0 radical (unpaired) electrons. The number of aliphatic hydroxyl groups excluding tert-OH is 1. The van der Waals surface area contributed by atoms with Crippen molar-refractivity contribution in [3.8, 4) is 28.3 Å². The first kappa shape index (κ1) is 19.4. The minimum atomic E-state index is -0.437. The summed E-state index contributed by atoms with van der Waals surface area (Å²) in [7, 11) is 0. The smallest absolute Gasteiger partial charge is 0.316 e. The average molecular weight is 399 g/mol. The van der Waals surface area contributed by atoms with Crippen molar-refractivity contribution >= 4 is 5.69 Å². The Labute approximate surface area is 173 Å². The van der Waals surface area contributed by atoms with Crippen LogP contribution in [0, 0.1) is 6.92 Å². The van der Waals surface area contributed by atoms with Gasteiger partial charge >= 0.3 is 5.56 Å². The predicted molar refractivity (Wildman–Crippen MR) is 117 cm³/mol. The van der Waals surface area contributed by atoms with E-state index in [1.807, 2.05) is 67.6 Å². The van der Waals surface area contributed by atoms with Crippen LogP contribution >= 0.6 is 0 Å². The molecule has 6 nitrogen and oxygen atoms in total. The van der Waals surface area contributed by atoms with E-state index in [0.29, 0.717) is 11.4 Å². The van der Waals surface area contributed by atoms with Crippen molar-refractivity contribution in [3.63, 3.8) is 0 Å². The van der Waals surface area contributed by atoms with Gasteiger partial charge in [-0.2, -0.15) is 9.78 Å². The maximum absolute atomic E-state index is 12.9. The number of aromatic nitrogens is 2. The Morgan fingerprint density at radius 2 is 1.70 bits per heavy atom. The van der Waals surface area contributed by atoms with Crippen molar-refractivity contribution in [2.75, 3.05) is 5.73 Å². The van der Waals surface area contributed by atoms with Crippen LogP contribution in [0.2, 0.25) is 0 Å². The Hall–Kier alpha value is -3.90. The van der Waals surface area contributed by atoms with Crippen molar-refractivity contribution < 1.29 is 9.84 Å². The van der Waals surface area contributed by atoms with Gasteiger partial charge in [0.05, 0.1) is 18.5 Å². The van der Waals surface area contributed by atoms with Crippen LogP contribution in [0.1, 0.15) is 11.1 Å². The fraction of sp³-hybridized carbons (Fsp3) is 0.0833. The molecule has 30 heavy (non-hydrogen) atoms. The maximum atomic E-state index is 12.9. The molecule has 4 aromatic rings. The topological polar surface area (TPSA) is 90.4 Å². The monoisotopic (exact) mass is 399 g/mol. The largest absolute Gasteiger partial charge is 0.449 e. The second kappa shape index (κ2) is 8.23. The molecule has 6 heteroatoms.